The van der Waals surface area contributed by atoms with E-state index in [0.717, 1.165) is 19.3 Å². The molecule has 0 spiro atoms. The fraction of sp³-hybridized carbons (Fsp3) is 0.391. The Kier molecular flexibility index (Phi) is 6.96. The number of carbonyl (C=O) groups excluding carboxylic acids is 2. The maximum absolute atomic E-state index is 13.1. The van der Waals surface area contributed by atoms with Crippen molar-refractivity contribution in [3.8, 4) is 5.75 Å². The van der Waals surface area contributed by atoms with Crippen LogP contribution in [0.25, 0.3) is 0 Å². The summed E-state index contributed by atoms with van der Waals surface area (Å²) in [7, 11) is -2.54. The Hall–Kier alpha value is -2.95. The van der Waals surface area contributed by atoms with E-state index in [4.69, 9.17) is 14.2 Å². The maximum atomic E-state index is 13.1. The Morgan fingerprint density at radius 1 is 1.06 bits per heavy atom. The molecule has 0 atom stereocenters. The molecule has 10 heteroatoms. The molecule has 0 bridgehead atoms. The molecule has 176 valence electrons. The molecule has 33 heavy (non-hydrogen) atoms. The zero-order valence-electron chi connectivity index (χ0n) is 18.3. The van der Waals surface area contributed by atoms with Gasteiger partial charge in [-0.2, -0.15) is 4.31 Å². The molecule has 0 aromatic heterocycles. The molecule has 1 aliphatic carbocycles. The molecule has 0 unspecified atom stereocenters. The molecule has 1 aliphatic heterocycles. The summed E-state index contributed by atoms with van der Waals surface area (Å²) >= 11 is 0. The fourth-order valence-corrected chi connectivity index (χ4v) is 5.58. The van der Waals surface area contributed by atoms with Gasteiger partial charge in [-0.1, -0.05) is 6.07 Å². The number of rotatable bonds is 7. The molecule has 1 fully saturated rings. The maximum Gasteiger partial charge on any atom is 0.338 e. The van der Waals surface area contributed by atoms with E-state index in [1.165, 1.54) is 40.7 Å². The van der Waals surface area contributed by atoms with Gasteiger partial charge in [0, 0.05) is 18.8 Å². The molecule has 0 radical (unpaired) electrons. The van der Waals surface area contributed by atoms with Crippen LogP contribution >= 0.6 is 0 Å². The van der Waals surface area contributed by atoms with Crippen LogP contribution in [0.1, 0.15) is 27.9 Å². The third-order valence-electron chi connectivity index (χ3n) is 5.70. The number of hydrogen-bond acceptors (Lipinski definition) is 7. The molecule has 0 saturated carbocycles. The van der Waals surface area contributed by atoms with Crippen molar-refractivity contribution < 1.29 is 32.2 Å². The lowest BCUT2D eigenvalue weighted by molar-refractivity contribution is -0.119. The minimum atomic E-state index is -3.90. The normalized spacial score (nSPS) is 16.2. The van der Waals surface area contributed by atoms with E-state index < -0.39 is 28.5 Å². The van der Waals surface area contributed by atoms with Gasteiger partial charge in [-0.25, -0.2) is 13.2 Å². The van der Waals surface area contributed by atoms with Gasteiger partial charge in [0.05, 0.1) is 25.9 Å². The molecule has 2 aliphatic rings. The number of nitrogens with zero attached hydrogens (tertiary/aromatic N) is 1. The van der Waals surface area contributed by atoms with Gasteiger partial charge in [0.1, 0.15) is 10.6 Å². The molecule has 9 nitrogen and oxygen atoms in total. The molecule has 2 aromatic carbocycles. The molecular weight excluding hydrogens is 448 g/mol. The van der Waals surface area contributed by atoms with Crippen LogP contribution in [0.3, 0.4) is 0 Å². The topological polar surface area (TPSA) is 111 Å². The second-order valence-electron chi connectivity index (χ2n) is 7.84. The highest BCUT2D eigenvalue weighted by atomic mass is 32.2. The Balaban J connectivity index is 1.42. The standard InChI is InChI=1S/C23H26N2O7S/c1-30-20-8-6-18(14-21(20)33(28,29)25-9-11-31-12-10-25)23(27)32-15-22(26)24-19-7-5-16-3-2-4-17(16)13-19/h5-8,13-14H,2-4,9-12,15H2,1H3,(H,24,26). The van der Waals surface area contributed by atoms with E-state index >= 15 is 0 Å². The predicted octanol–water partition coefficient (Wildman–Crippen LogP) is 2.00. The van der Waals surface area contributed by atoms with Crippen LogP contribution in [0.2, 0.25) is 0 Å². The van der Waals surface area contributed by atoms with Gasteiger partial charge in [-0.15, -0.1) is 0 Å². The number of sulfonamides is 1. The first-order valence-corrected chi connectivity index (χ1v) is 12.2. The van der Waals surface area contributed by atoms with E-state index in [-0.39, 0.29) is 29.3 Å². The van der Waals surface area contributed by atoms with Crippen LogP contribution in [0, 0.1) is 0 Å². The Morgan fingerprint density at radius 2 is 1.82 bits per heavy atom. The van der Waals surface area contributed by atoms with Crippen LogP contribution in [-0.2, 0) is 37.1 Å². The van der Waals surface area contributed by atoms with Crippen molar-refractivity contribution in [1.82, 2.24) is 4.31 Å². The quantitative estimate of drug-likeness (QED) is 0.611. The zero-order chi connectivity index (χ0) is 23.4. The number of ether oxygens (including phenoxy) is 3. The monoisotopic (exact) mass is 474 g/mol. The minimum absolute atomic E-state index is 0.00738. The second-order valence-corrected chi connectivity index (χ2v) is 9.75. The number of fused-ring (bicyclic) bond motifs is 1. The summed E-state index contributed by atoms with van der Waals surface area (Å²) in [5, 5.41) is 2.72. The molecule has 1 heterocycles. The van der Waals surface area contributed by atoms with Gasteiger partial charge < -0.3 is 19.5 Å². The average molecular weight is 475 g/mol. The van der Waals surface area contributed by atoms with Gasteiger partial charge in [0.25, 0.3) is 5.91 Å². The number of morpholine rings is 1. The molecule has 1 saturated heterocycles. The van der Waals surface area contributed by atoms with Crippen LogP contribution < -0.4 is 10.1 Å². The number of nitrogens with one attached hydrogen (secondary N) is 1. The number of esters is 1. The van der Waals surface area contributed by atoms with Crippen LogP contribution in [0.5, 0.6) is 5.75 Å². The number of methoxy groups -OCH3 is 1. The number of amides is 1. The number of anilines is 1. The highest BCUT2D eigenvalue weighted by molar-refractivity contribution is 7.89. The highest BCUT2D eigenvalue weighted by Gasteiger charge is 2.30. The summed E-state index contributed by atoms with van der Waals surface area (Å²) < 4.78 is 43.0. The van der Waals surface area contributed by atoms with E-state index in [0.29, 0.717) is 18.9 Å². The third kappa shape index (κ3) is 5.18. The van der Waals surface area contributed by atoms with E-state index in [1.807, 2.05) is 18.2 Å². The Morgan fingerprint density at radius 3 is 2.58 bits per heavy atom. The van der Waals surface area contributed by atoms with Crippen molar-refractivity contribution in [2.75, 3.05) is 45.3 Å². The van der Waals surface area contributed by atoms with Gasteiger partial charge in [0.15, 0.2) is 6.61 Å². The lowest BCUT2D eigenvalue weighted by Gasteiger charge is -2.26. The number of hydrogen-bond donors (Lipinski definition) is 1. The highest BCUT2D eigenvalue weighted by Crippen LogP contribution is 2.29. The first-order chi connectivity index (χ1) is 15.9. The summed E-state index contributed by atoms with van der Waals surface area (Å²) in [5.41, 5.74) is 3.17. The summed E-state index contributed by atoms with van der Waals surface area (Å²) in [6.45, 7) is 0.519. The summed E-state index contributed by atoms with van der Waals surface area (Å²) in [5.74, 6) is -1.16. The van der Waals surface area contributed by atoms with Crippen LogP contribution in [0.15, 0.2) is 41.3 Å². The Bertz CT molecular complexity index is 1160. The second kappa shape index (κ2) is 9.90. The lowest BCUT2D eigenvalue weighted by Crippen LogP contribution is -2.40. The van der Waals surface area contributed by atoms with Gasteiger partial charge in [0.2, 0.25) is 10.0 Å². The van der Waals surface area contributed by atoms with Crippen molar-refractivity contribution in [3.05, 3.63) is 53.1 Å². The van der Waals surface area contributed by atoms with Crippen LogP contribution in [-0.4, -0.2) is 64.6 Å². The first kappa shape index (κ1) is 23.2. The Labute approximate surface area is 192 Å². The van der Waals surface area contributed by atoms with E-state index in [1.54, 1.807) is 0 Å². The van der Waals surface area contributed by atoms with Gasteiger partial charge in [-0.05, 0) is 60.7 Å². The van der Waals surface area contributed by atoms with E-state index in [9.17, 15) is 18.0 Å². The van der Waals surface area contributed by atoms with Crippen molar-refractivity contribution in [1.29, 1.82) is 0 Å². The number of carbonyl (C=O) groups is 2. The summed E-state index contributed by atoms with van der Waals surface area (Å²) in [6.07, 6.45) is 3.14. The molecule has 4 rings (SSSR count). The van der Waals surface area contributed by atoms with Crippen molar-refractivity contribution in [2.45, 2.75) is 24.2 Å². The van der Waals surface area contributed by atoms with E-state index in [2.05, 4.69) is 5.32 Å². The SMILES string of the molecule is COc1ccc(C(=O)OCC(=O)Nc2ccc3c(c2)CCC3)cc1S(=O)(=O)N1CCOCC1. The van der Waals surface area contributed by atoms with Gasteiger partial charge >= 0.3 is 5.97 Å². The average Bonchev–Trinajstić information content (AvgIpc) is 3.30. The van der Waals surface area contributed by atoms with Crippen molar-refractivity contribution in [2.24, 2.45) is 0 Å². The van der Waals surface area contributed by atoms with Crippen molar-refractivity contribution in [3.63, 3.8) is 0 Å². The number of aryl methyl sites for hydroxylation is 2. The summed E-state index contributed by atoms with van der Waals surface area (Å²) in [6, 6.07) is 9.78. The molecule has 2 aromatic rings. The zero-order valence-corrected chi connectivity index (χ0v) is 19.2. The molecular formula is C23H26N2O7S. The minimum Gasteiger partial charge on any atom is -0.495 e. The fourth-order valence-electron chi connectivity index (χ4n) is 3.99. The van der Waals surface area contributed by atoms with Crippen LogP contribution in [0.4, 0.5) is 5.69 Å². The van der Waals surface area contributed by atoms with Gasteiger partial charge in [-0.3, -0.25) is 4.79 Å². The largest absolute Gasteiger partial charge is 0.495 e. The molecule has 1 N–H and O–H groups in total. The first-order valence-electron chi connectivity index (χ1n) is 10.7. The smallest absolute Gasteiger partial charge is 0.338 e. The van der Waals surface area contributed by atoms with Crippen molar-refractivity contribution >= 4 is 27.6 Å². The predicted molar refractivity (Wildman–Crippen MR) is 120 cm³/mol. The molecule has 1 amide bonds. The third-order valence-corrected chi connectivity index (χ3v) is 7.62. The lowest BCUT2D eigenvalue weighted by atomic mass is 10.1. The number of benzene rings is 2. The summed E-state index contributed by atoms with van der Waals surface area (Å²) in [4.78, 5) is 24.7.